The standard InChI is InChI=1S/C17H30N2O5/c1-14(18)23-12-10-22-11-13-24-17(19-20)5-3-4-15-6-8-16(21-2)9-7-15/h6-9,14,17,19-20H,3-5,10-13,18H2,1-2H3. The Bertz CT molecular complexity index is 414. The van der Waals surface area contributed by atoms with Crippen molar-refractivity contribution in [1.29, 1.82) is 0 Å². The minimum Gasteiger partial charge on any atom is -0.497 e. The zero-order valence-corrected chi connectivity index (χ0v) is 14.6. The maximum absolute atomic E-state index is 9.13. The van der Waals surface area contributed by atoms with Crippen molar-refractivity contribution in [3.05, 3.63) is 29.8 Å². The normalized spacial score (nSPS) is 13.7. The van der Waals surface area contributed by atoms with Gasteiger partial charge in [0.25, 0.3) is 0 Å². The van der Waals surface area contributed by atoms with E-state index in [0.717, 1.165) is 18.6 Å². The molecular formula is C17H30N2O5. The van der Waals surface area contributed by atoms with E-state index in [9.17, 15) is 0 Å². The molecule has 1 aromatic carbocycles. The van der Waals surface area contributed by atoms with E-state index in [0.29, 0.717) is 32.8 Å². The largest absolute Gasteiger partial charge is 0.497 e. The van der Waals surface area contributed by atoms with E-state index in [-0.39, 0.29) is 6.23 Å². The van der Waals surface area contributed by atoms with Crippen LogP contribution in [0.3, 0.4) is 0 Å². The quantitative estimate of drug-likeness (QED) is 0.269. The molecule has 1 aromatic rings. The number of methoxy groups -OCH3 is 1. The first kappa shape index (κ1) is 20.8. The summed E-state index contributed by atoms with van der Waals surface area (Å²) in [5, 5.41) is 9.13. The van der Waals surface area contributed by atoms with Gasteiger partial charge in [0.2, 0.25) is 0 Å². The summed E-state index contributed by atoms with van der Waals surface area (Å²) in [5.41, 5.74) is 8.86. The van der Waals surface area contributed by atoms with Gasteiger partial charge in [0.05, 0.1) is 33.5 Å². The van der Waals surface area contributed by atoms with Crippen LogP contribution in [0.5, 0.6) is 5.75 Å². The molecule has 0 bridgehead atoms. The second-order valence-corrected chi connectivity index (χ2v) is 5.42. The molecule has 2 unspecified atom stereocenters. The van der Waals surface area contributed by atoms with E-state index in [1.807, 2.05) is 24.3 Å². The summed E-state index contributed by atoms with van der Waals surface area (Å²) in [5.74, 6) is 0.850. The highest BCUT2D eigenvalue weighted by Gasteiger charge is 2.07. The number of nitrogens with one attached hydrogen (secondary N) is 1. The van der Waals surface area contributed by atoms with Gasteiger partial charge in [-0.15, -0.1) is 0 Å². The lowest BCUT2D eigenvalue weighted by Gasteiger charge is -2.16. The van der Waals surface area contributed by atoms with Crippen LogP contribution >= 0.6 is 0 Å². The lowest BCUT2D eigenvalue weighted by molar-refractivity contribution is -0.0768. The molecule has 0 saturated heterocycles. The van der Waals surface area contributed by atoms with E-state index in [1.165, 1.54) is 5.56 Å². The maximum Gasteiger partial charge on any atom is 0.130 e. The fourth-order valence-electron chi connectivity index (χ4n) is 2.11. The molecule has 0 fully saturated rings. The number of ether oxygens (including phenoxy) is 4. The van der Waals surface area contributed by atoms with Crippen LogP contribution in [-0.2, 0) is 20.6 Å². The predicted octanol–water partition coefficient (Wildman–Crippen LogP) is 1.68. The van der Waals surface area contributed by atoms with Crippen LogP contribution in [0.1, 0.15) is 25.3 Å². The molecule has 0 heterocycles. The SMILES string of the molecule is COc1ccc(CCCC(NO)OCCOCCOC(C)N)cc1. The molecule has 0 amide bonds. The van der Waals surface area contributed by atoms with Crippen LogP contribution in [0, 0.1) is 0 Å². The molecule has 1 rings (SSSR count). The zero-order valence-electron chi connectivity index (χ0n) is 14.6. The number of rotatable bonds is 14. The highest BCUT2D eigenvalue weighted by Crippen LogP contribution is 2.13. The van der Waals surface area contributed by atoms with Gasteiger partial charge >= 0.3 is 0 Å². The summed E-state index contributed by atoms with van der Waals surface area (Å²) in [4.78, 5) is 0. The van der Waals surface area contributed by atoms with Crippen molar-refractivity contribution in [1.82, 2.24) is 5.48 Å². The van der Waals surface area contributed by atoms with Crippen LogP contribution in [0.15, 0.2) is 24.3 Å². The Morgan fingerprint density at radius 1 is 1.08 bits per heavy atom. The zero-order chi connectivity index (χ0) is 17.6. The molecule has 24 heavy (non-hydrogen) atoms. The average Bonchev–Trinajstić information content (AvgIpc) is 2.59. The third kappa shape index (κ3) is 9.82. The Morgan fingerprint density at radius 3 is 2.33 bits per heavy atom. The van der Waals surface area contributed by atoms with Crippen molar-refractivity contribution in [2.75, 3.05) is 33.5 Å². The summed E-state index contributed by atoms with van der Waals surface area (Å²) in [6, 6.07) is 7.97. The van der Waals surface area contributed by atoms with E-state index in [2.05, 4.69) is 5.48 Å². The number of nitrogens with two attached hydrogens (primary N) is 1. The molecule has 0 aliphatic heterocycles. The van der Waals surface area contributed by atoms with E-state index >= 15 is 0 Å². The van der Waals surface area contributed by atoms with E-state index in [1.54, 1.807) is 14.0 Å². The first-order valence-corrected chi connectivity index (χ1v) is 8.24. The fraction of sp³-hybridized carbons (Fsp3) is 0.647. The van der Waals surface area contributed by atoms with Gasteiger partial charge in [-0.25, -0.2) is 0 Å². The molecule has 7 heteroatoms. The molecule has 0 aromatic heterocycles. The van der Waals surface area contributed by atoms with Crippen LogP contribution in [0.4, 0.5) is 0 Å². The topological polar surface area (TPSA) is 95.2 Å². The van der Waals surface area contributed by atoms with Gasteiger partial charge in [-0.3, -0.25) is 0 Å². The minimum atomic E-state index is -0.396. The Morgan fingerprint density at radius 2 is 1.75 bits per heavy atom. The predicted molar refractivity (Wildman–Crippen MR) is 91.0 cm³/mol. The van der Waals surface area contributed by atoms with Gasteiger partial charge in [0.15, 0.2) is 0 Å². The summed E-state index contributed by atoms with van der Waals surface area (Å²) >= 11 is 0. The Labute approximate surface area is 144 Å². The van der Waals surface area contributed by atoms with Gasteiger partial charge in [-0.2, -0.15) is 5.48 Å². The average molecular weight is 342 g/mol. The van der Waals surface area contributed by atoms with Crippen molar-refractivity contribution in [3.8, 4) is 5.75 Å². The van der Waals surface area contributed by atoms with E-state index in [4.69, 9.17) is 29.9 Å². The van der Waals surface area contributed by atoms with Crippen molar-refractivity contribution in [2.45, 2.75) is 38.6 Å². The monoisotopic (exact) mass is 342 g/mol. The first-order chi connectivity index (χ1) is 11.7. The van der Waals surface area contributed by atoms with Gasteiger partial charge in [0, 0.05) is 0 Å². The van der Waals surface area contributed by atoms with Crippen LogP contribution in [0.25, 0.3) is 0 Å². The molecule has 0 saturated carbocycles. The van der Waals surface area contributed by atoms with E-state index < -0.39 is 6.23 Å². The third-order valence-corrected chi connectivity index (χ3v) is 3.39. The molecule has 0 aliphatic rings. The highest BCUT2D eigenvalue weighted by molar-refractivity contribution is 5.27. The van der Waals surface area contributed by atoms with Crippen molar-refractivity contribution < 1.29 is 24.2 Å². The van der Waals surface area contributed by atoms with Gasteiger partial charge in [-0.1, -0.05) is 12.1 Å². The second kappa shape index (κ2) is 13.1. The first-order valence-electron chi connectivity index (χ1n) is 8.24. The number of hydrogen-bond donors (Lipinski definition) is 3. The summed E-state index contributed by atoms with van der Waals surface area (Å²) in [7, 11) is 1.65. The lowest BCUT2D eigenvalue weighted by Crippen LogP contribution is -2.30. The maximum atomic E-state index is 9.13. The van der Waals surface area contributed by atoms with Gasteiger partial charge in [0.1, 0.15) is 18.2 Å². The third-order valence-electron chi connectivity index (χ3n) is 3.39. The number of hydrogen-bond acceptors (Lipinski definition) is 7. The van der Waals surface area contributed by atoms with Gasteiger partial charge < -0.3 is 29.9 Å². The Hall–Kier alpha value is -1.22. The van der Waals surface area contributed by atoms with Gasteiger partial charge in [-0.05, 0) is 43.9 Å². The highest BCUT2D eigenvalue weighted by atomic mass is 16.6. The molecule has 0 aliphatic carbocycles. The van der Waals surface area contributed by atoms with Crippen molar-refractivity contribution >= 4 is 0 Å². The summed E-state index contributed by atoms with van der Waals surface area (Å²) < 4.78 is 21.2. The molecule has 0 spiro atoms. The van der Waals surface area contributed by atoms with Crippen LogP contribution < -0.4 is 16.0 Å². The van der Waals surface area contributed by atoms with Crippen molar-refractivity contribution in [2.24, 2.45) is 5.73 Å². The Balaban J connectivity index is 2.07. The number of hydroxylamine groups is 1. The minimum absolute atomic E-state index is 0.279. The van der Waals surface area contributed by atoms with Crippen LogP contribution in [-0.4, -0.2) is 51.2 Å². The number of benzene rings is 1. The summed E-state index contributed by atoms with van der Waals surface area (Å²) in [6.45, 7) is 3.55. The summed E-state index contributed by atoms with van der Waals surface area (Å²) in [6.07, 6.45) is 1.84. The Kier molecular flexibility index (Phi) is 11.4. The molecule has 7 nitrogen and oxygen atoms in total. The lowest BCUT2D eigenvalue weighted by atomic mass is 10.1. The smallest absolute Gasteiger partial charge is 0.130 e. The molecule has 4 N–H and O–H groups in total. The molecular weight excluding hydrogens is 312 g/mol. The van der Waals surface area contributed by atoms with Crippen LogP contribution in [0.2, 0.25) is 0 Å². The molecule has 2 atom stereocenters. The van der Waals surface area contributed by atoms with Crippen molar-refractivity contribution in [3.63, 3.8) is 0 Å². The molecule has 138 valence electrons. The second-order valence-electron chi connectivity index (χ2n) is 5.42. The molecule has 0 radical (unpaired) electrons. The number of aryl methyl sites for hydroxylation is 1. The fourth-order valence-corrected chi connectivity index (χ4v) is 2.11.